The topological polar surface area (TPSA) is 50.5 Å². The monoisotopic (exact) mass is 433 g/mol. The van der Waals surface area contributed by atoms with E-state index in [1.165, 1.54) is 0 Å². The maximum atomic E-state index is 10.5. The number of aliphatic hydroxyl groups is 1. The van der Waals surface area contributed by atoms with E-state index in [-0.39, 0.29) is 6.10 Å². The summed E-state index contributed by atoms with van der Waals surface area (Å²) < 4.78 is 8.33. The highest BCUT2D eigenvalue weighted by Crippen LogP contribution is 2.32. The van der Waals surface area contributed by atoms with Gasteiger partial charge in [-0.2, -0.15) is 5.10 Å². The Kier molecular flexibility index (Phi) is 9.08. The van der Waals surface area contributed by atoms with Crippen LogP contribution in [0, 0.1) is 0 Å². The average molecular weight is 434 g/mol. The molecule has 0 aliphatic rings. The molecule has 3 rings (SSSR count). The number of para-hydroxylation sites is 2. The molecule has 1 aromatic heterocycles. The van der Waals surface area contributed by atoms with Crippen LogP contribution in [0.2, 0.25) is 0 Å². The zero-order chi connectivity index (χ0) is 22.8. The summed E-state index contributed by atoms with van der Waals surface area (Å²) in [5.41, 5.74) is 3.05. The van der Waals surface area contributed by atoms with Crippen LogP contribution in [0.25, 0.3) is 5.69 Å². The number of aryl methyl sites for hydroxylation is 1. The second-order valence-corrected chi connectivity index (χ2v) is 8.00. The highest BCUT2D eigenvalue weighted by molar-refractivity contribution is 5.43. The number of hydrogen-bond donors (Lipinski definition) is 1. The molecule has 0 amide bonds. The van der Waals surface area contributed by atoms with Crippen molar-refractivity contribution in [2.45, 2.75) is 52.2 Å². The van der Waals surface area contributed by atoms with Crippen molar-refractivity contribution in [3.8, 4) is 17.3 Å². The van der Waals surface area contributed by atoms with Crippen LogP contribution in [0.4, 0.5) is 0 Å². The molecule has 0 saturated heterocycles. The summed E-state index contributed by atoms with van der Waals surface area (Å²) >= 11 is 0. The Morgan fingerprint density at radius 2 is 1.78 bits per heavy atom. The van der Waals surface area contributed by atoms with Gasteiger partial charge in [-0.15, -0.1) is 6.58 Å². The van der Waals surface area contributed by atoms with Crippen molar-refractivity contribution in [1.82, 2.24) is 14.7 Å². The molecule has 1 heterocycles. The van der Waals surface area contributed by atoms with Gasteiger partial charge in [-0.3, -0.25) is 4.90 Å². The Labute approximate surface area is 192 Å². The third-order valence-corrected chi connectivity index (χ3v) is 5.41. The van der Waals surface area contributed by atoms with E-state index in [0.717, 1.165) is 60.8 Å². The summed E-state index contributed by atoms with van der Waals surface area (Å²) in [7, 11) is 0. The molecule has 0 bridgehead atoms. The van der Waals surface area contributed by atoms with Crippen LogP contribution in [0.1, 0.15) is 44.4 Å². The minimum Gasteiger partial charge on any atom is -0.439 e. The molecular formula is C27H35N3O2. The molecule has 32 heavy (non-hydrogen) atoms. The highest BCUT2D eigenvalue weighted by atomic mass is 16.5. The van der Waals surface area contributed by atoms with Crippen molar-refractivity contribution in [3.63, 3.8) is 0 Å². The minimum absolute atomic E-state index is 0.382. The van der Waals surface area contributed by atoms with Crippen molar-refractivity contribution >= 4 is 0 Å². The lowest BCUT2D eigenvalue weighted by atomic mass is 10.1. The standard InChI is InChI=1S/C27H35N3O2/c1-4-7-16-23(31)20-29(19-5-2)21-25-26(6-3)28-30(22-14-10-8-11-15-22)27(25)32-24-17-12-9-13-18-24/h4,8-15,17-18,23,31H,1,5-7,16,19-21H2,2-3H3/t23-/m1/s1. The molecule has 1 N–H and O–H groups in total. The molecule has 0 aliphatic carbocycles. The number of benzene rings is 2. The van der Waals surface area contributed by atoms with Gasteiger partial charge >= 0.3 is 0 Å². The normalized spacial score (nSPS) is 12.1. The quantitative estimate of drug-likeness (QED) is 0.348. The summed E-state index contributed by atoms with van der Waals surface area (Å²) in [5.74, 6) is 1.52. The molecule has 0 aliphatic heterocycles. The first-order valence-corrected chi connectivity index (χ1v) is 11.6. The molecule has 0 saturated carbocycles. The third-order valence-electron chi connectivity index (χ3n) is 5.41. The fourth-order valence-electron chi connectivity index (χ4n) is 3.84. The molecule has 0 spiro atoms. The number of allylic oxidation sites excluding steroid dienone is 1. The first kappa shape index (κ1) is 23.8. The van der Waals surface area contributed by atoms with E-state index in [2.05, 4.69) is 25.3 Å². The van der Waals surface area contributed by atoms with Gasteiger partial charge in [0.25, 0.3) is 0 Å². The van der Waals surface area contributed by atoms with Crippen LogP contribution in [-0.4, -0.2) is 39.0 Å². The number of aliphatic hydroxyl groups excluding tert-OH is 1. The first-order chi connectivity index (χ1) is 15.7. The zero-order valence-corrected chi connectivity index (χ0v) is 19.3. The molecule has 2 aromatic carbocycles. The van der Waals surface area contributed by atoms with Gasteiger partial charge in [0.1, 0.15) is 5.75 Å². The maximum absolute atomic E-state index is 10.5. The van der Waals surface area contributed by atoms with Crippen molar-refractivity contribution in [1.29, 1.82) is 0 Å². The fraction of sp³-hybridized carbons (Fsp3) is 0.370. The maximum Gasteiger partial charge on any atom is 0.227 e. The van der Waals surface area contributed by atoms with Gasteiger partial charge in [-0.25, -0.2) is 4.68 Å². The van der Waals surface area contributed by atoms with Crippen LogP contribution in [0.5, 0.6) is 11.6 Å². The van der Waals surface area contributed by atoms with Crippen LogP contribution in [-0.2, 0) is 13.0 Å². The SMILES string of the molecule is C=CCC[C@@H](O)CN(CCC)Cc1c(CC)nn(-c2ccccc2)c1Oc1ccccc1. The lowest BCUT2D eigenvalue weighted by Gasteiger charge is -2.25. The number of rotatable bonds is 13. The predicted octanol–water partition coefficient (Wildman–Crippen LogP) is 5.77. The molecule has 0 fully saturated rings. The third kappa shape index (κ3) is 6.31. The smallest absolute Gasteiger partial charge is 0.227 e. The summed E-state index contributed by atoms with van der Waals surface area (Å²) in [6.45, 7) is 10.2. The van der Waals surface area contributed by atoms with Crippen molar-refractivity contribution in [2.75, 3.05) is 13.1 Å². The van der Waals surface area contributed by atoms with E-state index in [1.807, 2.05) is 71.4 Å². The molecule has 3 aromatic rings. The van der Waals surface area contributed by atoms with Crippen molar-refractivity contribution < 1.29 is 9.84 Å². The van der Waals surface area contributed by atoms with Gasteiger partial charge in [-0.05, 0) is 56.5 Å². The molecule has 0 unspecified atom stereocenters. The Bertz CT molecular complexity index is 954. The predicted molar refractivity (Wildman–Crippen MR) is 130 cm³/mol. The average Bonchev–Trinajstić information content (AvgIpc) is 3.16. The van der Waals surface area contributed by atoms with Gasteiger partial charge < -0.3 is 9.84 Å². The van der Waals surface area contributed by atoms with E-state index in [1.54, 1.807) is 0 Å². The second kappa shape index (κ2) is 12.2. The first-order valence-electron chi connectivity index (χ1n) is 11.6. The van der Waals surface area contributed by atoms with Crippen molar-refractivity contribution in [3.05, 3.63) is 84.6 Å². The Hall–Kier alpha value is -2.89. The fourth-order valence-corrected chi connectivity index (χ4v) is 3.84. The lowest BCUT2D eigenvalue weighted by molar-refractivity contribution is 0.102. The van der Waals surface area contributed by atoms with E-state index in [0.29, 0.717) is 13.1 Å². The Balaban J connectivity index is 1.98. The van der Waals surface area contributed by atoms with Gasteiger partial charge in [0.15, 0.2) is 0 Å². The summed E-state index contributed by atoms with van der Waals surface area (Å²) in [6, 6.07) is 19.9. The zero-order valence-electron chi connectivity index (χ0n) is 19.3. The second-order valence-electron chi connectivity index (χ2n) is 8.00. The number of hydrogen-bond acceptors (Lipinski definition) is 4. The van der Waals surface area contributed by atoms with Crippen LogP contribution >= 0.6 is 0 Å². The number of ether oxygens (including phenoxy) is 1. The largest absolute Gasteiger partial charge is 0.439 e. The van der Waals surface area contributed by atoms with E-state index in [4.69, 9.17) is 9.84 Å². The van der Waals surface area contributed by atoms with Crippen LogP contribution in [0.15, 0.2) is 73.3 Å². The molecular weight excluding hydrogens is 398 g/mol. The highest BCUT2D eigenvalue weighted by Gasteiger charge is 2.23. The minimum atomic E-state index is -0.382. The molecule has 5 heteroatoms. The molecule has 170 valence electrons. The lowest BCUT2D eigenvalue weighted by Crippen LogP contribution is -2.33. The van der Waals surface area contributed by atoms with Crippen LogP contribution in [0.3, 0.4) is 0 Å². The van der Waals surface area contributed by atoms with Gasteiger partial charge in [0.05, 0.1) is 23.0 Å². The molecule has 0 radical (unpaired) electrons. The van der Waals surface area contributed by atoms with Gasteiger partial charge in [0, 0.05) is 13.1 Å². The number of nitrogens with zero attached hydrogens (tertiary/aromatic N) is 3. The summed E-state index contributed by atoms with van der Waals surface area (Å²) in [6.07, 6.45) is 4.83. The Morgan fingerprint density at radius 3 is 2.41 bits per heavy atom. The van der Waals surface area contributed by atoms with Crippen molar-refractivity contribution in [2.24, 2.45) is 0 Å². The Morgan fingerprint density at radius 1 is 1.09 bits per heavy atom. The number of aromatic nitrogens is 2. The van der Waals surface area contributed by atoms with E-state index >= 15 is 0 Å². The van der Waals surface area contributed by atoms with E-state index < -0.39 is 0 Å². The van der Waals surface area contributed by atoms with Gasteiger partial charge in [-0.1, -0.05) is 56.3 Å². The molecule has 5 nitrogen and oxygen atoms in total. The summed E-state index contributed by atoms with van der Waals surface area (Å²) in [4.78, 5) is 2.30. The van der Waals surface area contributed by atoms with E-state index in [9.17, 15) is 5.11 Å². The molecule has 1 atom stereocenters. The van der Waals surface area contributed by atoms with Gasteiger partial charge in [0.2, 0.25) is 5.88 Å². The summed E-state index contributed by atoms with van der Waals surface area (Å²) in [5, 5.41) is 15.5. The van der Waals surface area contributed by atoms with Crippen LogP contribution < -0.4 is 4.74 Å².